The van der Waals surface area contributed by atoms with Crippen molar-refractivity contribution in [2.75, 3.05) is 39.3 Å². The normalized spacial score (nSPS) is 24.0. The molecule has 2 amide bonds. The molecule has 3 atom stereocenters. The van der Waals surface area contributed by atoms with E-state index in [4.69, 9.17) is 4.74 Å². The summed E-state index contributed by atoms with van der Waals surface area (Å²) in [6, 6.07) is 4.54. The zero-order valence-corrected chi connectivity index (χ0v) is 19.1. The Labute approximate surface area is 187 Å². The number of ether oxygens (including phenoxy) is 1. The Hall–Kier alpha value is -2.13. The minimum Gasteiger partial charge on any atom is -0.373 e. The molecule has 0 bridgehead atoms. The second-order valence-electron chi connectivity index (χ2n) is 9.06. The fourth-order valence-corrected chi connectivity index (χ4v) is 4.71. The number of piperazine rings is 1. The Morgan fingerprint density at radius 3 is 2.03 bits per heavy atom. The fourth-order valence-electron chi connectivity index (χ4n) is 4.71. The third kappa shape index (κ3) is 5.43. The largest absolute Gasteiger partial charge is 0.417 e. The van der Waals surface area contributed by atoms with E-state index in [0.717, 1.165) is 6.07 Å². The van der Waals surface area contributed by atoms with Gasteiger partial charge >= 0.3 is 6.18 Å². The van der Waals surface area contributed by atoms with Crippen LogP contribution in [0.5, 0.6) is 0 Å². The van der Waals surface area contributed by atoms with Gasteiger partial charge in [-0.1, -0.05) is 26.0 Å². The van der Waals surface area contributed by atoms with Crippen LogP contribution in [0.25, 0.3) is 0 Å². The van der Waals surface area contributed by atoms with Crippen LogP contribution in [0, 0.1) is 5.92 Å². The molecule has 1 aromatic rings. The lowest BCUT2D eigenvalue weighted by Gasteiger charge is -2.44. The molecule has 9 heteroatoms. The molecule has 0 N–H and O–H groups in total. The zero-order valence-electron chi connectivity index (χ0n) is 19.1. The second-order valence-corrected chi connectivity index (χ2v) is 9.06. The number of amides is 2. The Morgan fingerprint density at radius 2 is 1.50 bits per heavy atom. The van der Waals surface area contributed by atoms with Gasteiger partial charge in [0.2, 0.25) is 5.91 Å². The predicted molar refractivity (Wildman–Crippen MR) is 114 cm³/mol. The monoisotopic (exact) mass is 455 g/mol. The zero-order chi connectivity index (χ0) is 23.6. The molecule has 2 saturated heterocycles. The van der Waals surface area contributed by atoms with Crippen molar-refractivity contribution in [1.29, 1.82) is 0 Å². The summed E-state index contributed by atoms with van der Waals surface area (Å²) in [6.45, 7) is 10.4. The molecule has 2 fully saturated rings. The first-order valence-electron chi connectivity index (χ1n) is 11.1. The highest BCUT2D eigenvalue weighted by atomic mass is 19.4. The summed E-state index contributed by atoms with van der Waals surface area (Å²) in [5.74, 6) is -0.552. The molecular weight excluding hydrogens is 423 g/mol. The van der Waals surface area contributed by atoms with E-state index < -0.39 is 17.6 Å². The number of rotatable bonds is 4. The molecule has 0 radical (unpaired) electrons. The van der Waals surface area contributed by atoms with Gasteiger partial charge in [0.05, 0.1) is 29.4 Å². The van der Waals surface area contributed by atoms with Gasteiger partial charge in [-0.05, 0) is 31.9 Å². The Bertz CT molecular complexity index is 812. The van der Waals surface area contributed by atoms with Crippen molar-refractivity contribution >= 4 is 11.8 Å². The molecule has 0 aliphatic carbocycles. The van der Waals surface area contributed by atoms with Crippen LogP contribution in [0.4, 0.5) is 13.2 Å². The number of benzene rings is 1. The van der Waals surface area contributed by atoms with Crippen LogP contribution >= 0.6 is 0 Å². The molecule has 178 valence electrons. The Morgan fingerprint density at radius 1 is 0.969 bits per heavy atom. The van der Waals surface area contributed by atoms with Crippen molar-refractivity contribution in [1.82, 2.24) is 14.7 Å². The first-order chi connectivity index (χ1) is 15.0. The van der Waals surface area contributed by atoms with Crippen molar-refractivity contribution in [2.45, 2.75) is 52.1 Å². The maximum atomic E-state index is 13.4. The van der Waals surface area contributed by atoms with E-state index in [1.165, 1.54) is 23.1 Å². The van der Waals surface area contributed by atoms with Crippen LogP contribution in [0.15, 0.2) is 24.3 Å². The van der Waals surface area contributed by atoms with E-state index in [1.54, 1.807) is 4.90 Å². The highest BCUT2D eigenvalue weighted by Gasteiger charge is 2.39. The molecule has 3 rings (SSSR count). The molecule has 2 aliphatic heterocycles. The molecule has 3 unspecified atom stereocenters. The van der Waals surface area contributed by atoms with E-state index in [-0.39, 0.29) is 48.7 Å². The molecule has 2 heterocycles. The van der Waals surface area contributed by atoms with Crippen LogP contribution in [-0.4, -0.2) is 84.0 Å². The summed E-state index contributed by atoms with van der Waals surface area (Å²) in [5, 5.41) is 0. The van der Waals surface area contributed by atoms with Crippen LogP contribution in [0.2, 0.25) is 0 Å². The number of hydrogen-bond donors (Lipinski definition) is 0. The van der Waals surface area contributed by atoms with Gasteiger partial charge in [0.15, 0.2) is 0 Å². The number of carbonyl (C=O) groups is 2. The van der Waals surface area contributed by atoms with Crippen molar-refractivity contribution in [2.24, 2.45) is 5.92 Å². The van der Waals surface area contributed by atoms with Crippen molar-refractivity contribution in [3.05, 3.63) is 35.4 Å². The maximum Gasteiger partial charge on any atom is 0.417 e. The predicted octanol–water partition coefficient (Wildman–Crippen LogP) is 3.12. The number of alkyl halides is 3. The van der Waals surface area contributed by atoms with Gasteiger partial charge < -0.3 is 14.5 Å². The average Bonchev–Trinajstić information content (AvgIpc) is 2.72. The van der Waals surface area contributed by atoms with Gasteiger partial charge in [0.25, 0.3) is 5.91 Å². The average molecular weight is 456 g/mol. The first kappa shape index (κ1) is 24.5. The van der Waals surface area contributed by atoms with E-state index in [1.807, 2.05) is 27.7 Å². The summed E-state index contributed by atoms with van der Waals surface area (Å²) in [6.07, 6.45) is -4.52. The smallest absolute Gasteiger partial charge is 0.373 e. The standard InChI is InChI=1S/C23H32F3N3O3/c1-15(2)20(29-13-16(3)32-17(4)14-29)22(31)28-11-9-27(10-12-28)21(30)18-7-5-6-8-19(18)23(24,25)26/h5-8,15-17,20H,9-14H2,1-4H3. The molecule has 0 aromatic heterocycles. The third-order valence-electron chi connectivity index (χ3n) is 6.07. The quantitative estimate of drug-likeness (QED) is 0.700. The number of nitrogens with zero attached hydrogens (tertiary/aromatic N) is 3. The van der Waals surface area contributed by atoms with Crippen LogP contribution in [-0.2, 0) is 15.7 Å². The Balaban J connectivity index is 1.67. The van der Waals surface area contributed by atoms with Gasteiger partial charge in [0.1, 0.15) is 0 Å². The number of halogens is 3. The molecule has 32 heavy (non-hydrogen) atoms. The first-order valence-corrected chi connectivity index (χ1v) is 11.1. The lowest BCUT2D eigenvalue weighted by molar-refractivity contribution is -0.146. The molecule has 0 saturated carbocycles. The number of hydrogen-bond acceptors (Lipinski definition) is 4. The fraction of sp³-hybridized carbons (Fsp3) is 0.652. The summed E-state index contributed by atoms with van der Waals surface area (Å²) in [7, 11) is 0. The topological polar surface area (TPSA) is 53.1 Å². The third-order valence-corrected chi connectivity index (χ3v) is 6.07. The highest BCUT2D eigenvalue weighted by molar-refractivity contribution is 5.96. The molecule has 0 spiro atoms. The summed E-state index contributed by atoms with van der Waals surface area (Å²) in [4.78, 5) is 31.5. The van der Waals surface area contributed by atoms with Gasteiger partial charge in [0, 0.05) is 39.3 Å². The van der Waals surface area contributed by atoms with Crippen molar-refractivity contribution in [3.8, 4) is 0 Å². The molecular formula is C23H32F3N3O3. The van der Waals surface area contributed by atoms with Gasteiger partial charge in [-0.15, -0.1) is 0 Å². The number of morpholine rings is 1. The maximum absolute atomic E-state index is 13.4. The van der Waals surface area contributed by atoms with Crippen LogP contribution in [0.1, 0.15) is 43.6 Å². The lowest BCUT2D eigenvalue weighted by Crippen LogP contribution is -2.60. The minimum absolute atomic E-state index is 0.00379. The van der Waals surface area contributed by atoms with Gasteiger partial charge in [-0.2, -0.15) is 13.2 Å². The van der Waals surface area contributed by atoms with Crippen LogP contribution in [0.3, 0.4) is 0 Å². The van der Waals surface area contributed by atoms with E-state index in [9.17, 15) is 22.8 Å². The Kier molecular flexibility index (Phi) is 7.50. The van der Waals surface area contributed by atoms with E-state index in [0.29, 0.717) is 26.2 Å². The summed E-state index contributed by atoms with van der Waals surface area (Å²) < 4.78 is 45.7. The van der Waals surface area contributed by atoms with E-state index >= 15 is 0 Å². The van der Waals surface area contributed by atoms with Crippen molar-refractivity contribution in [3.63, 3.8) is 0 Å². The van der Waals surface area contributed by atoms with Gasteiger partial charge in [-0.3, -0.25) is 14.5 Å². The second kappa shape index (κ2) is 9.79. The van der Waals surface area contributed by atoms with Gasteiger partial charge in [-0.25, -0.2) is 0 Å². The summed E-state index contributed by atoms with van der Waals surface area (Å²) >= 11 is 0. The molecule has 6 nitrogen and oxygen atoms in total. The lowest BCUT2D eigenvalue weighted by atomic mass is 9.98. The van der Waals surface area contributed by atoms with E-state index in [2.05, 4.69) is 4.90 Å². The number of carbonyl (C=O) groups excluding carboxylic acids is 2. The van der Waals surface area contributed by atoms with Crippen molar-refractivity contribution < 1.29 is 27.5 Å². The SMILES string of the molecule is CC1CN(C(C(=O)N2CCN(C(=O)c3ccccc3C(F)(F)F)CC2)C(C)C)CC(C)O1. The highest BCUT2D eigenvalue weighted by Crippen LogP contribution is 2.32. The van der Waals surface area contributed by atoms with Crippen LogP contribution < -0.4 is 0 Å². The molecule has 2 aliphatic rings. The minimum atomic E-state index is -4.60. The summed E-state index contributed by atoms with van der Waals surface area (Å²) in [5.41, 5.74) is -1.28. The molecule has 1 aromatic carbocycles.